The number of carbonyl (C=O) groups excluding carboxylic acids is 2. The summed E-state index contributed by atoms with van der Waals surface area (Å²) in [4.78, 5) is 32.9. The summed E-state index contributed by atoms with van der Waals surface area (Å²) in [5.41, 5.74) is -0.371. The van der Waals surface area contributed by atoms with E-state index in [4.69, 9.17) is 9.15 Å². The summed E-state index contributed by atoms with van der Waals surface area (Å²) in [5, 5.41) is 29.2. The molecule has 1 fully saturated rings. The molecule has 2 aliphatic rings. The molecule has 14 heteroatoms. The van der Waals surface area contributed by atoms with E-state index in [1.807, 2.05) is 41.7 Å². The predicted molar refractivity (Wildman–Crippen MR) is 184 cm³/mol. The number of benzene rings is 2. The molecule has 6 rings (SSSR count). The Kier molecular flexibility index (Phi) is 11.3. The number of aromatic nitrogens is 1. The first-order valence-electron chi connectivity index (χ1n) is 17.3. The summed E-state index contributed by atoms with van der Waals surface area (Å²) in [6.07, 6.45) is -3.45. The van der Waals surface area contributed by atoms with Crippen molar-refractivity contribution < 1.29 is 46.6 Å². The molecule has 0 radical (unpaired) electrons. The average Bonchev–Trinajstić information content (AvgIpc) is 3.61. The fourth-order valence-corrected chi connectivity index (χ4v) is 7.39. The Morgan fingerprint density at radius 2 is 1.75 bits per heavy atom. The van der Waals surface area contributed by atoms with E-state index in [0.717, 1.165) is 5.56 Å². The quantitative estimate of drug-likeness (QED) is 0.118. The van der Waals surface area contributed by atoms with Crippen LogP contribution in [0, 0.1) is 0 Å². The van der Waals surface area contributed by atoms with Crippen LogP contribution in [0.1, 0.15) is 42.2 Å². The van der Waals surface area contributed by atoms with Gasteiger partial charge in [-0.15, -0.1) is 0 Å². The molecule has 2 aromatic carbocycles. The summed E-state index contributed by atoms with van der Waals surface area (Å²) in [7, 11) is 0. The SMILES string of the molecule is O=C(CCCC[N@@+]1([C@H]2c3ccccc3OC[C@H]2O)CCN(Cc2ccc(-c3ccccn3)o2)C[C@]1(O)C(=O)NCC(F)(F)F)NCc1ccccc1. The van der Waals surface area contributed by atoms with Gasteiger partial charge in [-0.25, -0.2) is 0 Å². The second kappa shape index (κ2) is 15.9. The van der Waals surface area contributed by atoms with Crippen molar-refractivity contribution in [3.63, 3.8) is 0 Å². The highest BCUT2D eigenvalue weighted by Crippen LogP contribution is 2.47. The Bertz CT molecular complexity index is 1810. The molecule has 4 heterocycles. The molecule has 4 N–H and O–H groups in total. The van der Waals surface area contributed by atoms with Gasteiger partial charge in [0.05, 0.1) is 31.7 Å². The lowest BCUT2D eigenvalue weighted by Gasteiger charge is -2.58. The Hall–Kier alpha value is -4.76. The lowest BCUT2D eigenvalue weighted by molar-refractivity contribution is -1.02. The number of hydrogen-bond acceptors (Lipinski definition) is 8. The van der Waals surface area contributed by atoms with Gasteiger partial charge >= 0.3 is 12.1 Å². The molecule has 0 bridgehead atoms. The number of alkyl halides is 3. The van der Waals surface area contributed by atoms with Crippen LogP contribution >= 0.6 is 0 Å². The van der Waals surface area contributed by atoms with Crippen LogP contribution in [0.25, 0.3) is 11.5 Å². The van der Waals surface area contributed by atoms with E-state index < -0.39 is 41.0 Å². The molecule has 52 heavy (non-hydrogen) atoms. The molecule has 11 nitrogen and oxygen atoms in total. The minimum atomic E-state index is -4.73. The van der Waals surface area contributed by atoms with Crippen molar-refractivity contribution in [2.75, 3.05) is 39.3 Å². The van der Waals surface area contributed by atoms with E-state index in [-0.39, 0.29) is 45.1 Å². The molecule has 4 atom stereocenters. The molecular formula is C38H43F3N5O6+. The maximum absolute atomic E-state index is 14.1. The minimum Gasteiger partial charge on any atom is -0.490 e. The summed E-state index contributed by atoms with van der Waals surface area (Å²) in [5.74, 6) is 0.0920. The molecule has 0 spiro atoms. The number of quaternary nitrogens is 1. The van der Waals surface area contributed by atoms with Crippen molar-refractivity contribution in [2.24, 2.45) is 0 Å². The van der Waals surface area contributed by atoms with E-state index in [9.17, 15) is 33.0 Å². The number of para-hydroxylation sites is 1. The monoisotopic (exact) mass is 722 g/mol. The standard InChI is InChI=1S/C38H42F3N5O6/c39-38(40,41)25-44-36(49)37(50)26-45(23-28-16-17-33(52-28)30-13-6-8-18-42-30)19-21-46(37,35-29-12-4-5-14-32(29)51-24-31(35)47)20-9-7-15-34(48)43-22-27-10-2-1-3-11-27/h1-6,8,10-14,16-18,31,35,47,50H,7,9,15,19-26H2,(H-,43,44,48,49)/p+1/t31-,35+,37+,46+/m1/s1. The van der Waals surface area contributed by atoms with Crippen LogP contribution in [0.4, 0.5) is 13.2 Å². The van der Waals surface area contributed by atoms with Crippen LogP contribution in [0.5, 0.6) is 5.75 Å². The molecule has 0 aliphatic carbocycles. The molecule has 4 aromatic rings. The fraction of sp³-hybridized carbons (Fsp3) is 0.395. The summed E-state index contributed by atoms with van der Waals surface area (Å²) < 4.78 is 51.9. The number of nitrogens with zero attached hydrogens (tertiary/aromatic N) is 3. The lowest BCUT2D eigenvalue weighted by atomic mass is 9.87. The topological polar surface area (TPSA) is 137 Å². The first-order chi connectivity index (χ1) is 25.0. The number of nitrogens with one attached hydrogen (secondary N) is 2. The average molecular weight is 723 g/mol. The van der Waals surface area contributed by atoms with Crippen molar-refractivity contribution in [1.29, 1.82) is 0 Å². The van der Waals surface area contributed by atoms with Crippen molar-refractivity contribution in [3.8, 4) is 17.2 Å². The third kappa shape index (κ3) is 8.31. The summed E-state index contributed by atoms with van der Waals surface area (Å²) >= 11 is 0. The maximum Gasteiger partial charge on any atom is 0.405 e. The smallest absolute Gasteiger partial charge is 0.405 e. The van der Waals surface area contributed by atoms with Gasteiger partial charge in [-0.05, 0) is 54.8 Å². The number of aliphatic hydroxyl groups is 2. The van der Waals surface area contributed by atoms with Gasteiger partial charge in [-0.3, -0.25) is 24.0 Å². The van der Waals surface area contributed by atoms with Crippen LogP contribution in [0.3, 0.4) is 0 Å². The van der Waals surface area contributed by atoms with Crippen molar-refractivity contribution >= 4 is 11.8 Å². The first kappa shape index (κ1) is 37.0. The molecule has 1 saturated heterocycles. The van der Waals surface area contributed by atoms with E-state index in [2.05, 4.69) is 10.3 Å². The predicted octanol–water partition coefficient (Wildman–Crippen LogP) is 4.32. The van der Waals surface area contributed by atoms with E-state index in [1.54, 1.807) is 59.6 Å². The Balaban J connectivity index is 1.29. The van der Waals surface area contributed by atoms with Crippen LogP contribution in [0.15, 0.2) is 95.5 Å². The number of hydrogen-bond donors (Lipinski definition) is 4. The van der Waals surface area contributed by atoms with E-state index >= 15 is 0 Å². The van der Waals surface area contributed by atoms with Gasteiger partial charge in [0.2, 0.25) is 5.91 Å². The van der Waals surface area contributed by atoms with Gasteiger partial charge in [0.25, 0.3) is 5.72 Å². The summed E-state index contributed by atoms with van der Waals surface area (Å²) in [6, 6.07) is 24.4. The second-order valence-corrected chi connectivity index (χ2v) is 13.4. The molecule has 276 valence electrons. The van der Waals surface area contributed by atoms with E-state index in [0.29, 0.717) is 54.5 Å². The highest BCUT2D eigenvalue weighted by Gasteiger charge is 2.64. The number of carbonyl (C=O) groups is 2. The Labute approximate surface area is 299 Å². The number of ether oxygens (including phenoxy) is 1. The highest BCUT2D eigenvalue weighted by molar-refractivity contribution is 5.83. The number of piperazine rings is 1. The second-order valence-electron chi connectivity index (χ2n) is 13.4. The molecule has 2 amide bonds. The zero-order valence-corrected chi connectivity index (χ0v) is 28.6. The van der Waals surface area contributed by atoms with Gasteiger partial charge in [-0.1, -0.05) is 48.5 Å². The van der Waals surface area contributed by atoms with Crippen LogP contribution in [-0.4, -0.2) is 93.7 Å². The number of halogens is 3. The zero-order valence-electron chi connectivity index (χ0n) is 28.6. The summed E-state index contributed by atoms with van der Waals surface area (Å²) in [6.45, 7) is -1.17. The van der Waals surface area contributed by atoms with Crippen molar-refractivity contribution in [1.82, 2.24) is 20.5 Å². The normalized spacial score (nSPS) is 23.3. The number of aliphatic hydroxyl groups excluding tert-OH is 1. The van der Waals surface area contributed by atoms with Crippen LogP contribution in [0.2, 0.25) is 0 Å². The fourth-order valence-electron chi connectivity index (χ4n) is 7.39. The van der Waals surface area contributed by atoms with Gasteiger partial charge in [-0.2, -0.15) is 13.2 Å². The van der Waals surface area contributed by atoms with Crippen LogP contribution in [-0.2, 0) is 22.7 Å². The lowest BCUT2D eigenvalue weighted by Crippen LogP contribution is -2.80. The minimum absolute atomic E-state index is 0.0797. The molecule has 0 unspecified atom stereocenters. The number of amides is 2. The van der Waals surface area contributed by atoms with Gasteiger partial charge in [0.1, 0.15) is 36.5 Å². The van der Waals surface area contributed by atoms with Gasteiger partial charge < -0.3 is 30.0 Å². The third-order valence-electron chi connectivity index (χ3n) is 9.86. The number of rotatable bonds is 13. The third-order valence-corrected chi connectivity index (χ3v) is 9.86. The molecule has 2 aromatic heterocycles. The highest BCUT2D eigenvalue weighted by atomic mass is 19.4. The number of fused-ring (bicyclic) bond motifs is 1. The van der Waals surface area contributed by atoms with Crippen molar-refractivity contribution in [2.45, 2.75) is 56.4 Å². The number of pyridine rings is 1. The number of furan rings is 1. The van der Waals surface area contributed by atoms with Crippen LogP contribution < -0.4 is 15.4 Å². The maximum atomic E-state index is 14.1. The Morgan fingerprint density at radius 1 is 0.981 bits per heavy atom. The van der Waals surface area contributed by atoms with Gasteiger partial charge in [0.15, 0.2) is 11.8 Å². The first-order valence-corrected chi connectivity index (χ1v) is 17.3. The number of β-amino-alcohol motifs (C(OH)–C–C–N with tert-alkyl or cyclic N) is 1. The van der Waals surface area contributed by atoms with E-state index in [1.165, 1.54) is 0 Å². The largest absolute Gasteiger partial charge is 0.490 e. The van der Waals surface area contributed by atoms with Gasteiger partial charge in [0, 0.05) is 25.7 Å². The van der Waals surface area contributed by atoms with Crippen molar-refractivity contribution in [3.05, 3.63) is 108 Å². The molecule has 2 aliphatic heterocycles. The molecular weight excluding hydrogens is 679 g/mol. The zero-order chi connectivity index (χ0) is 36.8. The Morgan fingerprint density at radius 3 is 2.52 bits per heavy atom. The number of unbranched alkanes of at least 4 members (excludes halogenated alkanes) is 1. The molecule has 0 saturated carbocycles.